The highest BCUT2D eigenvalue weighted by atomic mass is 16.6. The van der Waals surface area contributed by atoms with Gasteiger partial charge in [-0.3, -0.25) is 4.79 Å². The Hall–Kier alpha value is -1.26. The first-order valence-electron chi connectivity index (χ1n) is 3.44. The number of piperidine rings is 1. The van der Waals surface area contributed by atoms with Crippen molar-refractivity contribution in [3.8, 4) is 0 Å². The summed E-state index contributed by atoms with van der Waals surface area (Å²) >= 11 is 0. The zero-order chi connectivity index (χ0) is 8.27. The molecule has 1 saturated heterocycles. The summed E-state index contributed by atoms with van der Waals surface area (Å²) in [5.74, 6) is -0.255. The van der Waals surface area contributed by atoms with Crippen molar-refractivity contribution in [2.24, 2.45) is 5.73 Å². The molecule has 1 rings (SSSR count). The van der Waals surface area contributed by atoms with Crippen LogP contribution in [0, 0.1) is 0 Å². The highest BCUT2D eigenvalue weighted by Crippen LogP contribution is 2.06. The number of nitrogens with two attached hydrogens (primary N) is 1. The number of primary amides is 1. The van der Waals surface area contributed by atoms with Gasteiger partial charge in [0.25, 0.3) is 5.91 Å². The normalized spacial score (nSPS) is 24.0. The van der Waals surface area contributed by atoms with E-state index < -0.39 is 12.2 Å². The van der Waals surface area contributed by atoms with Gasteiger partial charge in [0.1, 0.15) is 0 Å². The van der Waals surface area contributed by atoms with Crippen LogP contribution in [0.4, 0.5) is 4.79 Å². The van der Waals surface area contributed by atoms with Crippen molar-refractivity contribution in [3.05, 3.63) is 0 Å². The van der Waals surface area contributed by atoms with Crippen molar-refractivity contribution >= 4 is 12.0 Å². The van der Waals surface area contributed by atoms with E-state index >= 15 is 0 Å². The second-order valence-electron chi connectivity index (χ2n) is 2.36. The molecule has 11 heavy (non-hydrogen) atoms. The van der Waals surface area contributed by atoms with Crippen molar-refractivity contribution in [3.63, 3.8) is 0 Å². The van der Waals surface area contributed by atoms with Crippen LogP contribution in [0.3, 0.4) is 0 Å². The molecule has 0 aromatic rings. The van der Waals surface area contributed by atoms with E-state index in [-0.39, 0.29) is 5.91 Å². The SMILES string of the molecule is NC(=O)O[C@@H]1CCCNC1=O. The second kappa shape index (κ2) is 3.23. The summed E-state index contributed by atoms with van der Waals surface area (Å²) in [6, 6.07) is 0. The molecule has 2 amide bonds. The predicted octanol–water partition coefficient (Wildman–Crippen LogP) is -0.640. The van der Waals surface area contributed by atoms with E-state index in [0.717, 1.165) is 6.42 Å². The van der Waals surface area contributed by atoms with Crippen LogP contribution in [0.2, 0.25) is 0 Å². The van der Waals surface area contributed by atoms with E-state index in [2.05, 4.69) is 10.1 Å². The Labute approximate surface area is 63.9 Å². The van der Waals surface area contributed by atoms with Crippen LogP contribution in [-0.2, 0) is 9.53 Å². The molecule has 1 atom stereocenters. The molecule has 62 valence electrons. The summed E-state index contributed by atoms with van der Waals surface area (Å²) in [5.41, 5.74) is 4.74. The lowest BCUT2D eigenvalue weighted by Gasteiger charge is -2.20. The van der Waals surface area contributed by atoms with Gasteiger partial charge in [0.2, 0.25) is 0 Å². The first-order valence-corrected chi connectivity index (χ1v) is 3.44. The summed E-state index contributed by atoms with van der Waals surface area (Å²) in [4.78, 5) is 21.1. The van der Waals surface area contributed by atoms with Gasteiger partial charge in [0.15, 0.2) is 6.10 Å². The van der Waals surface area contributed by atoms with Gasteiger partial charge in [0.05, 0.1) is 0 Å². The van der Waals surface area contributed by atoms with Crippen molar-refractivity contribution < 1.29 is 14.3 Å². The molecule has 3 N–H and O–H groups in total. The molecule has 0 radical (unpaired) electrons. The first kappa shape index (κ1) is 7.84. The quantitative estimate of drug-likeness (QED) is 0.532. The van der Waals surface area contributed by atoms with E-state index in [9.17, 15) is 9.59 Å². The van der Waals surface area contributed by atoms with Gasteiger partial charge in [-0.2, -0.15) is 0 Å². The summed E-state index contributed by atoms with van der Waals surface area (Å²) in [7, 11) is 0. The van der Waals surface area contributed by atoms with E-state index in [1.165, 1.54) is 0 Å². The van der Waals surface area contributed by atoms with Crippen LogP contribution < -0.4 is 11.1 Å². The molecule has 5 heteroatoms. The van der Waals surface area contributed by atoms with Crippen molar-refractivity contribution in [1.29, 1.82) is 0 Å². The standard InChI is InChI=1S/C6H10N2O3/c7-6(10)11-4-2-1-3-8-5(4)9/h4H,1-3H2,(H2,7,10)(H,8,9)/t4-/m1/s1. The summed E-state index contributed by atoms with van der Waals surface area (Å²) in [5, 5.41) is 2.57. The van der Waals surface area contributed by atoms with Crippen LogP contribution in [-0.4, -0.2) is 24.6 Å². The zero-order valence-corrected chi connectivity index (χ0v) is 6.00. The van der Waals surface area contributed by atoms with E-state index in [0.29, 0.717) is 13.0 Å². The third kappa shape index (κ3) is 2.10. The number of hydrogen-bond donors (Lipinski definition) is 2. The summed E-state index contributed by atoms with van der Waals surface area (Å²) < 4.78 is 4.53. The average molecular weight is 158 g/mol. The smallest absolute Gasteiger partial charge is 0.405 e. The van der Waals surface area contributed by atoms with Gasteiger partial charge in [-0.15, -0.1) is 0 Å². The third-order valence-electron chi connectivity index (χ3n) is 1.49. The minimum atomic E-state index is -0.896. The third-order valence-corrected chi connectivity index (χ3v) is 1.49. The molecular weight excluding hydrogens is 148 g/mol. The number of amides is 2. The van der Waals surface area contributed by atoms with Gasteiger partial charge >= 0.3 is 6.09 Å². The van der Waals surface area contributed by atoms with Crippen LogP contribution in [0.25, 0.3) is 0 Å². The Morgan fingerprint density at radius 2 is 2.45 bits per heavy atom. The fourth-order valence-corrected chi connectivity index (χ4v) is 0.997. The Bertz CT molecular complexity index is 181. The molecule has 1 heterocycles. The van der Waals surface area contributed by atoms with Gasteiger partial charge in [-0.1, -0.05) is 0 Å². The van der Waals surface area contributed by atoms with Crippen LogP contribution in [0.1, 0.15) is 12.8 Å². The molecule has 0 aromatic carbocycles. The number of carbonyl (C=O) groups excluding carboxylic acids is 2. The highest BCUT2D eigenvalue weighted by molar-refractivity contribution is 5.83. The monoisotopic (exact) mass is 158 g/mol. The van der Waals surface area contributed by atoms with Gasteiger partial charge < -0.3 is 15.8 Å². The molecule has 0 aromatic heterocycles. The van der Waals surface area contributed by atoms with Crippen molar-refractivity contribution in [2.45, 2.75) is 18.9 Å². The van der Waals surface area contributed by atoms with Gasteiger partial charge in [-0.05, 0) is 12.8 Å². The van der Waals surface area contributed by atoms with Gasteiger partial charge in [0, 0.05) is 6.54 Å². The zero-order valence-electron chi connectivity index (χ0n) is 6.00. The number of rotatable bonds is 1. The topological polar surface area (TPSA) is 81.4 Å². The molecule has 0 aliphatic carbocycles. The molecule has 1 aliphatic rings. The van der Waals surface area contributed by atoms with Gasteiger partial charge in [-0.25, -0.2) is 4.79 Å². The Morgan fingerprint density at radius 1 is 1.73 bits per heavy atom. The Morgan fingerprint density at radius 3 is 3.00 bits per heavy atom. The first-order chi connectivity index (χ1) is 5.20. The maximum absolute atomic E-state index is 10.9. The molecular formula is C6H10N2O3. The Kier molecular flexibility index (Phi) is 2.30. The molecule has 0 saturated carbocycles. The number of ether oxygens (including phenoxy) is 1. The van der Waals surface area contributed by atoms with E-state index in [1.807, 2.05) is 0 Å². The molecule has 0 bridgehead atoms. The molecule has 1 aliphatic heterocycles. The number of carbonyl (C=O) groups is 2. The fourth-order valence-electron chi connectivity index (χ4n) is 0.997. The largest absolute Gasteiger partial charge is 0.436 e. The number of hydrogen-bond acceptors (Lipinski definition) is 3. The molecule has 0 unspecified atom stereocenters. The maximum Gasteiger partial charge on any atom is 0.405 e. The lowest BCUT2D eigenvalue weighted by atomic mass is 10.1. The Balaban J connectivity index is 2.42. The van der Waals surface area contributed by atoms with Crippen LogP contribution >= 0.6 is 0 Å². The molecule has 0 spiro atoms. The maximum atomic E-state index is 10.9. The minimum absolute atomic E-state index is 0.255. The molecule has 1 fully saturated rings. The summed E-state index contributed by atoms with van der Waals surface area (Å²) in [6.07, 6.45) is -0.188. The minimum Gasteiger partial charge on any atom is -0.436 e. The fraction of sp³-hybridized carbons (Fsp3) is 0.667. The lowest BCUT2D eigenvalue weighted by Crippen LogP contribution is -2.43. The number of nitrogens with one attached hydrogen (secondary N) is 1. The van der Waals surface area contributed by atoms with Crippen molar-refractivity contribution in [2.75, 3.05) is 6.54 Å². The lowest BCUT2D eigenvalue weighted by molar-refractivity contribution is -0.131. The van der Waals surface area contributed by atoms with Crippen LogP contribution in [0.15, 0.2) is 0 Å². The van der Waals surface area contributed by atoms with Crippen LogP contribution in [0.5, 0.6) is 0 Å². The average Bonchev–Trinajstić information content (AvgIpc) is 1.93. The van der Waals surface area contributed by atoms with Crippen molar-refractivity contribution in [1.82, 2.24) is 5.32 Å². The highest BCUT2D eigenvalue weighted by Gasteiger charge is 2.24. The molecule has 5 nitrogen and oxygen atoms in total. The predicted molar refractivity (Wildman–Crippen MR) is 36.7 cm³/mol. The van der Waals surface area contributed by atoms with E-state index in [1.54, 1.807) is 0 Å². The van der Waals surface area contributed by atoms with E-state index in [4.69, 9.17) is 5.73 Å². The second-order valence-corrected chi connectivity index (χ2v) is 2.36. The summed E-state index contributed by atoms with van der Waals surface area (Å²) in [6.45, 7) is 0.650.